The summed E-state index contributed by atoms with van der Waals surface area (Å²) < 4.78 is 0. The molecule has 18 heavy (non-hydrogen) atoms. The van der Waals surface area contributed by atoms with E-state index in [9.17, 15) is 4.79 Å². The normalized spacial score (nSPS) is 18.6. The van der Waals surface area contributed by atoms with Crippen molar-refractivity contribution in [1.29, 1.82) is 0 Å². The summed E-state index contributed by atoms with van der Waals surface area (Å²) in [7, 11) is 0. The average molecular weight is 242 g/mol. The molecule has 0 N–H and O–H groups in total. The highest BCUT2D eigenvalue weighted by Crippen LogP contribution is 2.37. The zero-order valence-electron chi connectivity index (χ0n) is 11.6. The number of hydrogen-bond acceptors (Lipinski definition) is 1. The van der Waals surface area contributed by atoms with Crippen molar-refractivity contribution in [2.45, 2.75) is 46.5 Å². The SMILES string of the molecule is CCCc1ccc(C2=CC(=O)CC(C)(C)C2)cc1. The minimum atomic E-state index is 0.100. The van der Waals surface area contributed by atoms with Crippen LogP contribution in [0.4, 0.5) is 0 Å². The fraction of sp³-hybridized carbons (Fsp3) is 0.471. The Bertz CT molecular complexity index is 463. The Morgan fingerprint density at radius 2 is 1.78 bits per heavy atom. The van der Waals surface area contributed by atoms with Gasteiger partial charge in [0.05, 0.1) is 0 Å². The van der Waals surface area contributed by atoms with E-state index in [0.29, 0.717) is 6.42 Å². The summed E-state index contributed by atoms with van der Waals surface area (Å²) in [6.07, 6.45) is 5.80. The van der Waals surface area contributed by atoms with E-state index in [0.717, 1.165) is 12.8 Å². The van der Waals surface area contributed by atoms with Gasteiger partial charge in [-0.25, -0.2) is 0 Å². The molecule has 0 aliphatic heterocycles. The second kappa shape index (κ2) is 5.09. The predicted molar refractivity (Wildman–Crippen MR) is 76.4 cm³/mol. The van der Waals surface area contributed by atoms with Gasteiger partial charge in [-0.15, -0.1) is 0 Å². The first-order valence-electron chi connectivity index (χ1n) is 6.83. The molecule has 0 unspecified atom stereocenters. The van der Waals surface area contributed by atoms with Crippen LogP contribution in [0.5, 0.6) is 0 Å². The molecule has 96 valence electrons. The lowest BCUT2D eigenvalue weighted by Crippen LogP contribution is -2.21. The molecule has 0 spiro atoms. The van der Waals surface area contributed by atoms with Crippen molar-refractivity contribution in [3.8, 4) is 0 Å². The van der Waals surface area contributed by atoms with Crippen LogP contribution in [0.2, 0.25) is 0 Å². The maximum atomic E-state index is 11.8. The molecular weight excluding hydrogens is 220 g/mol. The Hall–Kier alpha value is -1.37. The van der Waals surface area contributed by atoms with Crippen molar-refractivity contribution in [3.63, 3.8) is 0 Å². The van der Waals surface area contributed by atoms with Crippen molar-refractivity contribution in [1.82, 2.24) is 0 Å². The van der Waals surface area contributed by atoms with Gasteiger partial charge < -0.3 is 0 Å². The van der Waals surface area contributed by atoms with Crippen molar-refractivity contribution in [3.05, 3.63) is 41.5 Å². The fourth-order valence-electron chi connectivity index (χ4n) is 2.71. The molecule has 1 aromatic rings. The molecule has 0 amide bonds. The lowest BCUT2D eigenvalue weighted by molar-refractivity contribution is -0.116. The number of ketones is 1. The second-order valence-corrected chi connectivity index (χ2v) is 6.10. The highest BCUT2D eigenvalue weighted by Gasteiger charge is 2.27. The smallest absolute Gasteiger partial charge is 0.156 e. The van der Waals surface area contributed by atoms with E-state index in [1.165, 1.54) is 23.1 Å². The topological polar surface area (TPSA) is 17.1 Å². The van der Waals surface area contributed by atoms with Crippen molar-refractivity contribution < 1.29 is 4.79 Å². The molecule has 0 aromatic heterocycles. The van der Waals surface area contributed by atoms with Crippen molar-refractivity contribution in [2.75, 3.05) is 0 Å². The van der Waals surface area contributed by atoms with Gasteiger partial charge in [0.15, 0.2) is 5.78 Å². The van der Waals surface area contributed by atoms with Gasteiger partial charge in [0.2, 0.25) is 0 Å². The molecule has 0 fully saturated rings. The number of rotatable bonds is 3. The molecule has 1 heteroatoms. The van der Waals surface area contributed by atoms with Crippen LogP contribution in [-0.4, -0.2) is 5.78 Å². The quantitative estimate of drug-likeness (QED) is 0.767. The van der Waals surface area contributed by atoms with Crippen LogP contribution in [-0.2, 0) is 11.2 Å². The Morgan fingerprint density at radius 3 is 2.33 bits per heavy atom. The number of carbonyl (C=O) groups is 1. The first kappa shape index (κ1) is 13.1. The first-order valence-corrected chi connectivity index (χ1v) is 6.83. The zero-order valence-corrected chi connectivity index (χ0v) is 11.6. The summed E-state index contributed by atoms with van der Waals surface area (Å²) in [5.41, 5.74) is 3.88. The van der Waals surface area contributed by atoms with Crippen molar-refractivity contribution >= 4 is 11.4 Å². The van der Waals surface area contributed by atoms with Crippen LogP contribution in [0.25, 0.3) is 5.57 Å². The van der Waals surface area contributed by atoms with Gasteiger partial charge in [0.1, 0.15) is 0 Å². The van der Waals surface area contributed by atoms with Crippen LogP contribution in [0.1, 0.15) is 51.2 Å². The number of carbonyl (C=O) groups excluding carboxylic acids is 1. The monoisotopic (exact) mass is 242 g/mol. The third kappa shape index (κ3) is 3.10. The van der Waals surface area contributed by atoms with E-state index in [1.807, 2.05) is 6.08 Å². The molecule has 1 nitrogen and oxygen atoms in total. The molecule has 0 bridgehead atoms. The Kier molecular flexibility index (Phi) is 3.70. The van der Waals surface area contributed by atoms with Crippen LogP contribution in [0.3, 0.4) is 0 Å². The molecule has 0 saturated heterocycles. The number of aryl methyl sites for hydroxylation is 1. The van der Waals surface area contributed by atoms with Crippen LogP contribution in [0, 0.1) is 5.41 Å². The van der Waals surface area contributed by atoms with Gasteiger partial charge in [-0.05, 0) is 41.0 Å². The summed E-state index contributed by atoms with van der Waals surface area (Å²) >= 11 is 0. The van der Waals surface area contributed by atoms with E-state index < -0.39 is 0 Å². The minimum absolute atomic E-state index is 0.100. The van der Waals surface area contributed by atoms with Gasteiger partial charge in [-0.2, -0.15) is 0 Å². The summed E-state index contributed by atoms with van der Waals surface area (Å²) in [6, 6.07) is 8.69. The number of benzene rings is 1. The maximum absolute atomic E-state index is 11.8. The van der Waals surface area contributed by atoms with E-state index in [-0.39, 0.29) is 11.2 Å². The predicted octanol–water partition coefficient (Wildman–Crippen LogP) is 4.41. The molecule has 1 aliphatic rings. The Balaban J connectivity index is 2.23. The van der Waals surface area contributed by atoms with Crippen molar-refractivity contribution in [2.24, 2.45) is 5.41 Å². The lowest BCUT2D eigenvalue weighted by Gasteiger charge is -2.29. The lowest BCUT2D eigenvalue weighted by atomic mass is 9.75. The van der Waals surface area contributed by atoms with E-state index in [4.69, 9.17) is 0 Å². The summed E-state index contributed by atoms with van der Waals surface area (Å²) in [5, 5.41) is 0. The molecular formula is C17H22O. The third-order valence-corrected chi connectivity index (χ3v) is 3.52. The Labute approximate surface area is 110 Å². The van der Waals surface area contributed by atoms with E-state index >= 15 is 0 Å². The standard InChI is InChI=1S/C17H22O/c1-4-5-13-6-8-14(9-7-13)15-10-16(18)12-17(2,3)11-15/h6-10H,4-5,11-12H2,1-3H3. The summed E-state index contributed by atoms with van der Waals surface area (Å²) in [4.78, 5) is 11.8. The van der Waals surface area contributed by atoms with Gasteiger partial charge in [-0.3, -0.25) is 4.79 Å². The van der Waals surface area contributed by atoms with Gasteiger partial charge >= 0.3 is 0 Å². The van der Waals surface area contributed by atoms with E-state index in [1.54, 1.807) is 0 Å². The average Bonchev–Trinajstić information content (AvgIpc) is 2.27. The largest absolute Gasteiger partial charge is 0.295 e. The molecule has 1 aromatic carbocycles. The number of allylic oxidation sites excluding steroid dienone is 2. The van der Waals surface area contributed by atoms with Crippen LogP contribution < -0.4 is 0 Å². The summed E-state index contributed by atoms with van der Waals surface area (Å²) in [6.45, 7) is 6.53. The molecule has 0 saturated carbocycles. The highest BCUT2D eigenvalue weighted by atomic mass is 16.1. The molecule has 0 atom stereocenters. The molecule has 0 radical (unpaired) electrons. The maximum Gasteiger partial charge on any atom is 0.156 e. The first-order chi connectivity index (χ1) is 8.50. The van der Waals surface area contributed by atoms with Gasteiger partial charge in [0, 0.05) is 6.42 Å². The second-order valence-electron chi connectivity index (χ2n) is 6.10. The molecule has 1 aliphatic carbocycles. The zero-order chi connectivity index (χ0) is 13.2. The third-order valence-electron chi connectivity index (χ3n) is 3.52. The molecule has 2 rings (SSSR count). The van der Waals surface area contributed by atoms with E-state index in [2.05, 4.69) is 45.0 Å². The van der Waals surface area contributed by atoms with Crippen LogP contribution in [0.15, 0.2) is 30.3 Å². The molecule has 0 heterocycles. The summed E-state index contributed by atoms with van der Waals surface area (Å²) in [5.74, 6) is 0.263. The Morgan fingerprint density at radius 1 is 1.11 bits per heavy atom. The number of hydrogen-bond donors (Lipinski definition) is 0. The fourth-order valence-corrected chi connectivity index (χ4v) is 2.71. The minimum Gasteiger partial charge on any atom is -0.295 e. The van der Waals surface area contributed by atoms with Crippen LogP contribution >= 0.6 is 0 Å². The van der Waals surface area contributed by atoms with Gasteiger partial charge in [0.25, 0.3) is 0 Å². The van der Waals surface area contributed by atoms with Gasteiger partial charge in [-0.1, -0.05) is 51.5 Å². The highest BCUT2D eigenvalue weighted by molar-refractivity contribution is 5.99.